The van der Waals surface area contributed by atoms with Crippen molar-refractivity contribution in [1.82, 2.24) is 10.2 Å². The molecule has 4 heteroatoms. The topological polar surface area (TPSA) is 57.9 Å². The van der Waals surface area contributed by atoms with Crippen molar-refractivity contribution >= 4 is 22.3 Å². The summed E-state index contributed by atoms with van der Waals surface area (Å²) in [6, 6.07) is 4.13. The van der Waals surface area contributed by atoms with Gasteiger partial charge in [0.05, 0.1) is 23.1 Å². The average molecular weight is 244 g/mol. The minimum absolute atomic E-state index is 0.462. The molecule has 0 saturated carbocycles. The molecule has 1 aliphatic heterocycles. The number of nitrogen functional groups attached to an aromatic ring is 1. The smallest absolute Gasteiger partial charge is 0.0672 e. The molecule has 96 valence electrons. The lowest BCUT2D eigenvalue weighted by molar-refractivity contribution is 0.280. The van der Waals surface area contributed by atoms with Gasteiger partial charge in [-0.05, 0) is 30.4 Å². The zero-order valence-corrected chi connectivity index (χ0v) is 11.0. The third-order valence-corrected chi connectivity index (χ3v) is 4.05. The van der Waals surface area contributed by atoms with E-state index in [0.717, 1.165) is 35.4 Å². The minimum atomic E-state index is 0.462. The van der Waals surface area contributed by atoms with Gasteiger partial charge in [0.1, 0.15) is 0 Å². The lowest BCUT2D eigenvalue weighted by atomic mass is 9.82. The highest BCUT2D eigenvalue weighted by Crippen LogP contribution is 2.35. The molecule has 18 heavy (non-hydrogen) atoms. The molecular formula is C14H20N4. The van der Waals surface area contributed by atoms with Crippen LogP contribution in [0.4, 0.5) is 11.4 Å². The van der Waals surface area contributed by atoms with Crippen LogP contribution in [-0.2, 0) is 0 Å². The number of nitrogens with one attached hydrogen (secondary N) is 1. The first-order valence-corrected chi connectivity index (χ1v) is 6.53. The van der Waals surface area contributed by atoms with Gasteiger partial charge in [-0.2, -0.15) is 5.10 Å². The number of anilines is 2. The monoisotopic (exact) mass is 244 g/mol. The van der Waals surface area contributed by atoms with Crippen LogP contribution in [0.3, 0.4) is 0 Å². The number of fused-ring (bicyclic) bond motifs is 1. The molecule has 2 aromatic rings. The van der Waals surface area contributed by atoms with E-state index >= 15 is 0 Å². The maximum absolute atomic E-state index is 6.16. The van der Waals surface area contributed by atoms with E-state index in [1.54, 1.807) is 0 Å². The lowest BCUT2D eigenvalue weighted by Gasteiger charge is -2.38. The third-order valence-electron chi connectivity index (χ3n) is 4.05. The Labute approximate surface area is 107 Å². The molecule has 1 fully saturated rings. The fourth-order valence-electron chi connectivity index (χ4n) is 2.62. The highest BCUT2D eigenvalue weighted by atomic mass is 15.2. The summed E-state index contributed by atoms with van der Waals surface area (Å²) < 4.78 is 0. The molecule has 1 aromatic heterocycles. The Balaban J connectivity index is 1.92. The number of nitrogens with zero attached hydrogens (tertiary/aromatic N) is 2. The molecule has 0 unspecified atom stereocenters. The van der Waals surface area contributed by atoms with Gasteiger partial charge in [-0.3, -0.25) is 5.10 Å². The summed E-state index contributed by atoms with van der Waals surface area (Å²) in [4.78, 5) is 2.39. The Kier molecular flexibility index (Phi) is 2.47. The van der Waals surface area contributed by atoms with E-state index in [1.807, 2.05) is 12.3 Å². The van der Waals surface area contributed by atoms with Gasteiger partial charge >= 0.3 is 0 Å². The molecule has 1 saturated heterocycles. The van der Waals surface area contributed by atoms with Gasteiger partial charge in [0.2, 0.25) is 0 Å². The van der Waals surface area contributed by atoms with Crippen LogP contribution in [0.2, 0.25) is 0 Å². The minimum Gasteiger partial charge on any atom is -0.397 e. The van der Waals surface area contributed by atoms with Gasteiger partial charge in [-0.1, -0.05) is 13.8 Å². The Hall–Kier alpha value is -1.71. The molecule has 0 spiro atoms. The van der Waals surface area contributed by atoms with E-state index in [0.29, 0.717) is 5.41 Å². The number of rotatable bonds is 1. The van der Waals surface area contributed by atoms with Gasteiger partial charge in [0.15, 0.2) is 0 Å². The number of nitrogens with two attached hydrogens (primary N) is 1. The molecule has 1 aliphatic rings. The van der Waals surface area contributed by atoms with Crippen molar-refractivity contribution in [3.8, 4) is 0 Å². The van der Waals surface area contributed by atoms with Crippen LogP contribution < -0.4 is 10.6 Å². The Bertz CT molecular complexity index is 560. The molecule has 0 atom stereocenters. The molecule has 1 aromatic carbocycles. The quantitative estimate of drug-likeness (QED) is 0.758. The largest absolute Gasteiger partial charge is 0.397 e. The third kappa shape index (κ3) is 1.92. The fourth-order valence-corrected chi connectivity index (χ4v) is 2.62. The zero-order chi connectivity index (χ0) is 12.8. The van der Waals surface area contributed by atoms with E-state index in [-0.39, 0.29) is 0 Å². The highest BCUT2D eigenvalue weighted by Gasteiger charge is 2.26. The molecular weight excluding hydrogens is 224 g/mol. The number of H-pyrrole nitrogens is 1. The van der Waals surface area contributed by atoms with Gasteiger partial charge in [0.25, 0.3) is 0 Å². The second-order valence-corrected chi connectivity index (χ2v) is 6.02. The van der Waals surface area contributed by atoms with E-state index in [1.165, 1.54) is 12.8 Å². The van der Waals surface area contributed by atoms with Crippen molar-refractivity contribution < 1.29 is 0 Å². The van der Waals surface area contributed by atoms with Crippen LogP contribution in [0.25, 0.3) is 10.9 Å². The number of hydrogen-bond acceptors (Lipinski definition) is 3. The van der Waals surface area contributed by atoms with Crippen LogP contribution in [0, 0.1) is 5.41 Å². The van der Waals surface area contributed by atoms with Crippen LogP contribution in [0.15, 0.2) is 18.3 Å². The van der Waals surface area contributed by atoms with Crippen molar-refractivity contribution in [3.63, 3.8) is 0 Å². The first-order chi connectivity index (χ1) is 8.55. The normalized spacial score (nSPS) is 19.3. The van der Waals surface area contributed by atoms with Crippen LogP contribution in [0.1, 0.15) is 26.7 Å². The highest BCUT2D eigenvalue weighted by molar-refractivity contribution is 5.88. The first-order valence-electron chi connectivity index (χ1n) is 6.53. The van der Waals surface area contributed by atoms with Crippen molar-refractivity contribution in [3.05, 3.63) is 18.3 Å². The van der Waals surface area contributed by atoms with Crippen LogP contribution in [0.5, 0.6) is 0 Å². The maximum atomic E-state index is 6.16. The van der Waals surface area contributed by atoms with E-state index < -0.39 is 0 Å². The number of aromatic nitrogens is 2. The number of piperidine rings is 1. The van der Waals surface area contributed by atoms with Crippen LogP contribution in [-0.4, -0.2) is 23.3 Å². The van der Waals surface area contributed by atoms with Crippen molar-refractivity contribution in [2.45, 2.75) is 26.7 Å². The summed E-state index contributed by atoms with van der Waals surface area (Å²) in [5.41, 5.74) is 9.67. The zero-order valence-electron chi connectivity index (χ0n) is 11.0. The van der Waals surface area contributed by atoms with Crippen molar-refractivity contribution in [2.24, 2.45) is 5.41 Å². The average Bonchev–Trinajstić information content (AvgIpc) is 2.75. The molecule has 4 nitrogen and oxygen atoms in total. The summed E-state index contributed by atoms with van der Waals surface area (Å²) in [5, 5.41) is 8.14. The molecule has 0 amide bonds. The summed E-state index contributed by atoms with van der Waals surface area (Å²) in [6.07, 6.45) is 4.25. The SMILES string of the molecule is CC1(C)CCN(c2cc3[nH]ncc3cc2N)CC1. The number of hydrogen-bond donors (Lipinski definition) is 2. The second kappa shape index (κ2) is 3.90. The standard InChI is InChI=1S/C14H20N4/c1-14(2)3-5-18(6-4-14)13-8-12-10(7-11(13)15)9-16-17-12/h7-9H,3-6,15H2,1-2H3,(H,16,17). The fraction of sp³-hybridized carbons (Fsp3) is 0.500. The van der Waals surface area contributed by atoms with Gasteiger partial charge in [0, 0.05) is 18.5 Å². The van der Waals surface area contributed by atoms with Gasteiger partial charge < -0.3 is 10.6 Å². The molecule has 3 rings (SSSR count). The Morgan fingerprint density at radius 2 is 2.00 bits per heavy atom. The summed E-state index contributed by atoms with van der Waals surface area (Å²) >= 11 is 0. The van der Waals surface area contributed by atoms with Crippen molar-refractivity contribution in [2.75, 3.05) is 23.7 Å². The molecule has 0 radical (unpaired) electrons. The van der Waals surface area contributed by atoms with E-state index in [4.69, 9.17) is 5.73 Å². The Morgan fingerprint density at radius 1 is 1.28 bits per heavy atom. The van der Waals surface area contributed by atoms with Gasteiger partial charge in [-0.25, -0.2) is 0 Å². The second-order valence-electron chi connectivity index (χ2n) is 6.02. The predicted molar refractivity (Wildman–Crippen MR) is 75.7 cm³/mol. The molecule has 2 heterocycles. The molecule has 0 aliphatic carbocycles. The summed E-state index contributed by atoms with van der Waals surface area (Å²) in [5.74, 6) is 0. The van der Waals surface area contributed by atoms with Crippen molar-refractivity contribution in [1.29, 1.82) is 0 Å². The maximum Gasteiger partial charge on any atom is 0.0672 e. The summed E-state index contributed by atoms with van der Waals surface area (Å²) in [7, 11) is 0. The molecule has 3 N–H and O–H groups in total. The number of aromatic amines is 1. The summed E-state index contributed by atoms with van der Waals surface area (Å²) in [6.45, 7) is 6.84. The first kappa shape index (κ1) is 11.4. The van der Waals surface area contributed by atoms with Gasteiger partial charge in [-0.15, -0.1) is 0 Å². The van der Waals surface area contributed by atoms with Crippen LogP contribution >= 0.6 is 0 Å². The Morgan fingerprint density at radius 3 is 2.72 bits per heavy atom. The molecule has 0 bridgehead atoms. The van der Waals surface area contributed by atoms with E-state index in [2.05, 4.69) is 35.0 Å². The lowest BCUT2D eigenvalue weighted by Crippen LogP contribution is -2.37. The predicted octanol–water partition coefficient (Wildman–Crippen LogP) is 2.77. The number of benzene rings is 1. The van der Waals surface area contributed by atoms with E-state index in [9.17, 15) is 0 Å².